The van der Waals surface area contributed by atoms with Crippen molar-refractivity contribution in [2.45, 2.75) is 0 Å². The molecule has 0 amide bonds. The van der Waals surface area contributed by atoms with Crippen LogP contribution in [0.4, 0.5) is 0 Å². The van der Waals surface area contributed by atoms with Crippen LogP contribution in [0.3, 0.4) is 0 Å². The van der Waals surface area contributed by atoms with Crippen LogP contribution < -0.4 is 33.2 Å². The Morgan fingerprint density at radius 3 is 1.81 bits per heavy atom. The Labute approximate surface area is 215 Å². The predicted molar refractivity (Wildman–Crippen MR) is 137 cm³/mol. The fourth-order valence-corrected chi connectivity index (χ4v) is 3.50. The van der Waals surface area contributed by atoms with Crippen LogP contribution in [0, 0.1) is 0 Å². The number of carbonyl (C=O) groups is 2. The first-order valence-electron chi connectivity index (χ1n) is 11.0. The van der Waals surface area contributed by atoms with Crippen molar-refractivity contribution >= 4 is 17.8 Å². The summed E-state index contributed by atoms with van der Waals surface area (Å²) in [5.41, 5.74) is 1.21. The first-order chi connectivity index (χ1) is 17.9. The average Bonchev–Trinajstić information content (AvgIpc) is 2.94. The van der Waals surface area contributed by atoms with Gasteiger partial charge in [0.15, 0.2) is 28.8 Å². The van der Waals surface area contributed by atoms with Crippen LogP contribution in [0.15, 0.2) is 54.6 Å². The molecule has 3 aromatic rings. The van der Waals surface area contributed by atoms with Gasteiger partial charge in [-0.15, -0.1) is 0 Å². The topological polar surface area (TPSA) is 98.8 Å². The van der Waals surface area contributed by atoms with E-state index >= 15 is 0 Å². The third-order valence-electron chi connectivity index (χ3n) is 5.39. The Balaban J connectivity index is 1.83. The first-order valence-corrected chi connectivity index (χ1v) is 11.0. The van der Waals surface area contributed by atoms with E-state index in [1.54, 1.807) is 42.5 Å². The highest BCUT2D eigenvalue weighted by Gasteiger charge is 2.20. The van der Waals surface area contributed by atoms with Crippen molar-refractivity contribution in [3.8, 4) is 40.2 Å². The summed E-state index contributed by atoms with van der Waals surface area (Å²) in [6.07, 6.45) is 3.03. The summed E-state index contributed by atoms with van der Waals surface area (Å²) in [4.78, 5) is 25.7. The minimum Gasteiger partial charge on any atom is -0.497 e. The molecular formula is C28H28O9. The Hall–Kier alpha value is -4.66. The molecule has 0 aliphatic rings. The number of ether oxygens (including phenoxy) is 7. The minimum atomic E-state index is -0.652. The SMILES string of the molecule is COc1ccc(OC)c(C(=O)C=Cc2ccc(OC(=O)c3cc(OC)c(OC)c(OC)c3)c(OC)c2)c1. The van der Waals surface area contributed by atoms with Gasteiger partial charge in [-0.2, -0.15) is 0 Å². The van der Waals surface area contributed by atoms with Crippen molar-refractivity contribution in [2.24, 2.45) is 0 Å². The number of allylic oxidation sites excluding steroid dienone is 1. The second kappa shape index (κ2) is 12.3. The molecule has 0 radical (unpaired) electrons. The Morgan fingerprint density at radius 1 is 0.622 bits per heavy atom. The molecule has 0 unspecified atom stereocenters. The standard InChI is InChI=1S/C28H28O9/c1-31-19-9-12-22(32-2)20(16-19)21(29)10-7-17-8-11-23(24(13-17)33-3)37-28(30)18-14-25(34-4)27(36-6)26(15-18)35-5/h7-16H,1-6H3. The highest BCUT2D eigenvalue weighted by atomic mass is 16.6. The molecule has 0 N–H and O–H groups in total. The van der Waals surface area contributed by atoms with Crippen molar-refractivity contribution in [2.75, 3.05) is 42.7 Å². The molecular weight excluding hydrogens is 480 g/mol. The summed E-state index contributed by atoms with van der Waals surface area (Å²) < 4.78 is 37.3. The van der Waals surface area contributed by atoms with E-state index in [0.717, 1.165) is 0 Å². The smallest absolute Gasteiger partial charge is 0.343 e. The lowest BCUT2D eigenvalue weighted by molar-refractivity contribution is 0.0728. The van der Waals surface area contributed by atoms with Gasteiger partial charge in [0.25, 0.3) is 0 Å². The highest BCUT2D eigenvalue weighted by Crippen LogP contribution is 2.39. The molecule has 0 heterocycles. The molecule has 9 heteroatoms. The molecule has 0 spiro atoms. The first kappa shape index (κ1) is 26.9. The molecule has 0 fully saturated rings. The lowest BCUT2D eigenvalue weighted by Crippen LogP contribution is -2.10. The monoisotopic (exact) mass is 508 g/mol. The average molecular weight is 509 g/mol. The van der Waals surface area contributed by atoms with Gasteiger partial charge in [0.05, 0.1) is 53.8 Å². The molecule has 194 valence electrons. The molecule has 0 aliphatic heterocycles. The number of rotatable bonds is 11. The molecule has 0 bridgehead atoms. The zero-order valence-corrected chi connectivity index (χ0v) is 21.4. The summed E-state index contributed by atoms with van der Waals surface area (Å²) >= 11 is 0. The Morgan fingerprint density at radius 2 is 1.24 bits per heavy atom. The molecule has 0 aromatic heterocycles. The van der Waals surface area contributed by atoms with Gasteiger partial charge in [-0.3, -0.25) is 4.79 Å². The second-order valence-corrected chi connectivity index (χ2v) is 7.48. The van der Waals surface area contributed by atoms with E-state index in [2.05, 4.69) is 0 Å². The number of carbonyl (C=O) groups excluding carboxylic acids is 2. The van der Waals surface area contributed by atoms with Crippen LogP contribution in [0.1, 0.15) is 26.3 Å². The zero-order chi connectivity index (χ0) is 26.9. The molecule has 9 nitrogen and oxygen atoms in total. The van der Waals surface area contributed by atoms with E-state index in [0.29, 0.717) is 45.6 Å². The maximum absolute atomic E-state index is 12.9. The Bertz CT molecular complexity index is 1290. The van der Waals surface area contributed by atoms with E-state index in [1.165, 1.54) is 60.9 Å². The summed E-state index contributed by atoms with van der Waals surface area (Å²) in [6, 6.07) is 12.9. The van der Waals surface area contributed by atoms with Crippen molar-refractivity contribution in [1.82, 2.24) is 0 Å². The summed E-state index contributed by atoms with van der Waals surface area (Å²) in [5, 5.41) is 0. The Kier molecular flexibility index (Phi) is 8.99. The number of hydrogen-bond acceptors (Lipinski definition) is 9. The van der Waals surface area contributed by atoms with Gasteiger partial charge in [0.1, 0.15) is 11.5 Å². The maximum atomic E-state index is 12.9. The third kappa shape index (κ3) is 6.13. The fraction of sp³-hybridized carbons (Fsp3) is 0.214. The van der Waals surface area contributed by atoms with Crippen LogP contribution in [0.2, 0.25) is 0 Å². The van der Waals surface area contributed by atoms with Crippen molar-refractivity contribution in [3.05, 3.63) is 71.3 Å². The molecule has 0 aliphatic carbocycles. The number of ketones is 1. The summed E-state index contributed by atoms with van der Waals surface area (Å²) in [7, 11) is 8.85. The number of benzene rings is 3. The molecule has 3 aromatic carbocycles. The van der Waals surface area contributed by atoms with E-state index in [-0.39, 0.29) is 17.1 Å². The quantitative estimate of drug-likeness (QED) is 0.156. The number of methoxy groups -OCH3 is 6. The lowest BCUT2D eigenvalue weighted by atomic mass is 10.1. The second-order valence-electron chi connectivity index (χ2n) is 7.48. The number of hydrogen-bond donors (Lipinski definition) is 0. The summed E-state index contributed by atoms with van der Waals surface area (Å²) in [5.74, 6) is 1.54. The molecule has 3 rings (SSSR count). The van der Waals surface area contributed by atoms with Crippen LogP contribution in [0.5, 0.6) is 40.2 Å². The maximum Gasteiger partial charge on any atom is 0.343 e. The zero-order valence-electron chi connectivity index (χ0n) is 21.4. The van der Waals surface area contributed by atoms with Crippen LogP contribution >= 0.6 is 0 Å². The molecule has 0 saturated carbocycles. The normalized spacial score (nSPS) is 10.5. The minimum absolute atomic E-state index is 0.193. The largest absolute Gasteiger partial charge is 0.497 e. The summed E-state index contributed by atoms with van der Waals surface area (Å²) in [6.45, 7) is 0. The fourth-order valence-electron chi connectivity index (χ4n) is 3.50. The predicted octanol–water partition coefficient (Wildman–Crippen LogP) is 4.85. The van der Waals surface area contributed by atoms with E-state index in [9.17, 15) is 9.59 Å². The van der Waals surface area contributed by atoms with Gasteiger partial charge in [0.2, 0.25) is 5.75 Å². The van der Waals surface area contributed by atoms with Crippen molar-refractivity contribution in [1.29, 1.82) is 0 Å². The van der Waals surface area contributed by atoms with Gasteiger partial charge in [0, 0.05) is 0 Å². The van der Waals surface area contributed by atoms with Gasteiger partial charge < -0.3 is 33.2 Å². The van der Waals surface area contributed by atoms with E-state index in [4.69, 9.17) is 33.2 Å². The van der Waals surface area contributed by atoms with Gasteiger partial charge in [-0.1, -0.05) is 12.1 Å². The van der Waals surface area contributed by atoms with E-state index < -0.39 is 5.97 Å². The van der Waals surface area contributed by atoms with Crippen LogP contribution in [-0.2, 0) is 0 Å². The van der Waals surface area contributed by atoms with Crippen molar-refractivity contribution < 1.29 is 42.7 Å². The molecule has 0 saturated heterocycles. The lowest BCUT2D eigenvalue weighted by Gasteiger charge is -2.14. The van der Waals surface area contributed by atoms with Gasteiger partial charge >= 0.3 is 5.97 Å². The number of esters is 1. The molecule has 0 atom stereocenters. The molecule has 37 heavy (non-hydrogen) atoms. The van der Waals surface area contributed by atoms with Gasteiger partial charge in [-0.05, 0) is 54.1 Å². The van der Waals surface area contributed by atoms with Crippen LogP contribution in [0.25, 0.3) is 6.08 Å². The van der Waals surface area contributed by atoms with Gasteiger partial charge in [-0.25, -0.2) is 4.79 Å². The van der Waals surface area contributed by atoms with E-state index in [1.807, 2.05) is 0 Å². The highest BCUT2D eigenvalue weighted by molar-refractivity contribution is 6.09. The van der Waals surface area contributed by atoms with Crippen molar-refractivity contribution in [3.63, 3.8) is 0 Å². The third-order valence-corrected chi connectivity index (χ3v) is 5.39. The van der Waals surface area contributed by atoms with Crippen LogP contribution in [-0.4, -0.2) is 54.4 Å².